The van der Waals surface area contributed by atoms with Crippen molar-refractivity contribution < 1.29 is 19.1 Å². The van der Waals surface area contributed by atoms with Gasteiger partial charge in [-0.3, -0.25) is 9.69 Å². The summed E-state index contributed by atoms with van der Waals surface area (Å²) in [6.07, 6.45) is 9.42. The molecule has 4 aromatic rings. The molecular weight excluding hydrogens is 512 g/mol. The number of cyclic esters (lactones) is 1. The van der Waals surface area contributed by atoms with Gasteiger partial charge in [0.25, 0.3) is 0 Å². The molecule has 2 saturated carbocycles. The minimum atomic E-state index is -0.429. The van der Waals surface area contributed by atoms with E-state index in [4.69, 9.17) is 14.5 Å². The van der Waals surface area contributed by atoms with Crippen LogP contribution in [0.2, 0.25) is 0 Å². The Hall–Kier alpha value is -4.61. The zero-order chi connectivity index (χ0) is 27.4. The largest absolute Gasteiger partial charge is 0.483 e. The maximum Gasteiger partial charge on any atom is 0.414 e. The minimum absolute atomic E-state index is 0.00935. The maximum atomic E-state index is 12.8. The number of ether oxygens (including phenoxy) is 2. The van der Waals surface area contributed by atoms with Crippen molar-refractivity contribution in [3.63, 3.8) is 0 Å². The van der Waals surface area contributed by atoms with Gasteiger partial charge in [-0.2, -0.15) is 5.10 Å². The molecular formula is C28H28N8O4. The molecule has 1 N–H and O–H groups in total. The number of aryl methyl sites for hydroxylation is 1. The lowest BCUT2D eigenvalue weighted by molar-refractivity contribution is -0.117. The fourth-order valence-electron chi connectivity index (χ4n) is 5.14. The lowest BCUT2D eigenvalue weighted by Gasteiger charge is -2.15. The summed E-state index contributed by atoms with van der Waals surface area (Å²) in [5.74, 6) is 1.62. The van der Waals surface area contributed by atoms with Crippen molar-refractivity contribution in [3.05, 3.63) is 65.8 Å². The Labute approximate surface area is 229 Å². The average molecular weight is 541 g/mol. The lowest BCUT2D eigenvalue weighted by Crippen LogP contribution is -2.24. The molecule has 3 unspecified atom stereocenters. The van der Waals surface area contributed by atoms with E-state index in [1.807, 2.05) is 30.5 Å². The number of aromatic nitrogens is 6. The first-order valence-corrected chi connectivity index (χ1v) is 13.5. The molecule has 0 bridgehead atoms. The van der Waals surface area contributed by atoms with Crippen LogP contribution < -0.4 is 15.0 Å². The third kappa shape index (κ3) is 4.69. The van der Waals surface area contributed by atoms with Gasteiger partial charge in [-0.25, -0.2) is 19.7 Å². The molecule has 0 aromatic carbocycles. The first-order chi connectivity index (χ1) is 19.4. The van der Waals surface area contributed by atoms with E-state index in [2.05, 4.69) is 37.7 Å². The summed E-state index contributed by atoms with van der Waals surface area (Å²) in [5, 5.41) is 10.9. The Morgan fingerprint density at radius 3 is 2.88 bits per heavy atom. The van der Waals surface area contributed by atoms with Crippen LogP contribution in [0.1, 0.15) is 66.9 Å². The molecule has 12 heteroatoms. The zero-order valence-corrected chi connectivity index (χ0v) is 22.1. The second-order valence-electron chi connectivity index (χ2n) is 10.6. The van der Waals surface area contributed by atoms with E-state index in [9.17, 15) is 9.59 Å². The van der Waals surface area contributed by atoms with Gasteiger partial charge >= 0.3 is 6.09 Å². The van der Waals surface area contributed by atoms with Crippen LogP contribution >= 0.6 is 0 Å². The Balaban J connectivity index is 1.07. The summed E-state index contributed by atoms with van der Waals surface area (Å²) in [7, 11) is 0. The fourth-order valence-corrected chi connectivity index (χ4v) is 5.14. The van der Waals surface area contributed by atoms with Crippen LogP contribution in [-0.2, 0) is 9.53 Å². The SMILES string of the molecule is Cc1ccnc(C2CC2C(=O)Nc2cc(OC(C)c3cn4cc(C5CC5)cc(N5CCOC5=O)c4n3)cnn2)n1. The topological polar surface area (TPSA) is 137 Å². The van der Waals surface area contributed by atoms with Crippen molar-refractivity contribution in [1.82, 2.24) is 29.5 Å². The second kappa shape index (κ2) is 9.54. The molecule has 1 aliphatic heterocycles. The van der Waals surface area contributed by atoms with Gasteiger partial charge in [-0.1, -0.05) is 0 Å². The monoisotopic (exact) mass is 540 g/mol. The summed E-state index contributed by atoms with van der Waals surface area (Å²) < 4.78 is 13.3. The van der Waals surface area contributed by atoms with Crippen LogP contribution in [0.15, 0.2) is 43.0 Å². The number of nitrogens with zero attached hydrogens (tertiary/aromatic N) is 7. The Bertz CT molecular complexity index is 1630. The second-order valence-corrected chi connectivity index (χ2v) is 10.6. The summed E-state index contributed by atoms with van der Waals surface area (Å²) in [5.41, 5.74) is 4.18. The maximum absolute atomic E-state index is 12.8. The van der Waals surface area contributed by atoms with Crippen LogP contribution in [0, 0.1) is 12.8 Å². The highest BCUT2D eigenvalue weighted by atomic mass is 16.6. The molecule has 3 fully saturated rings. The zero-order valence-electron chi connectivity index (χ0n) is 22.1. The molecule has 40 heavy (non-hydrogen) atoms. The summed E-state index contributed by atoms with van der Waals surface area (Å²) >= 11 is 0. The van der Waals surface area contributed by atoms with E-state index in [-0.39, 0.29) is 23.8 Å². The molecule has 3 aliphatic rings. The van der Waals surface area contributed by atoms with E-state index < -0.39 is 6.10 Å². The third-order valence-corrected chi connectivity index (χ3v) is 7.55. The minimum Gasteiger partial charge on any atom is -0.483 e. The predicted octanol–water partition coefficient (Wildman–Crippen LogP) is 3.94. The lowest BCUT2D eigenvalue weighted by atomic mass is 10.1. The number of fused-ring (bicyclic) bond motifs is 1. The van der Waals surface area contributed by atoms with Crippen molar-refractivity contribution >= 4 is 29.2 Å². The molecule has 12 nitrogen and oxygen atoms in total. The van der Waals surface area contributed by atoms with Gasteiger partial charge in [0.2, 0.25) is 5.91 Å². The van der Waals surface area contributed by atoms with Crippen LogP contribution in [0.3, 0.4) is 0 Å². The van der Waals surface area contributed by atoms with Crippen molar-refractivity contribution in [2.45, 2.75) is 51.0 Å². The number of amides is 2. The number of hydrogen-bond donors (Lipinski definition) is 1. The molecule has 1 saturated heterocycles. The number of imidazole rings is 1. The fraction of sp³-hybridized carbons (Fsp3) is 0.393. The normalized spacial score (nSPS) is 20.9. The van der Waals surface area contributed by atoms with Crippen molar-refractivity contribution in [1.29, 1.82) is 0 Å². The third-order valence-electron chi connectivity index (χ3n) is 7.55. The van der Waals surface area contributed by atoms with Gasteiger partial charge in [-0.15, -0.1) is 5.10 Å². The van der Waals surface area contributed by atoms with E-state index in [0.29, 0.717) is 54.2 Å². The highest BCUT2D eigenvalue weighted by molar-refractivity contribution is 5.95. The standard InChI is InChI=1S/C28H28N8O4/c1-15-5-6-29-25(31-15)20-11-21(20)27(37)33-24-10-19(12-30-34-24)40-16(2)22-14-35-13-18(17-3-4-17)9-23(26(35)32-22)36-7-8-39-28(36)38/h5-6,9-10,12-14,16-17,20-21H,3-4,7-8,11H2,1-2H3,(H,33,34,37). The van der Waals surface area contributed by atoms with Crippen molar-refractivity contribution in [3.8, 4) is 5.75 Å². The molecule has 7 rings (SSSR count). The van der Waals surface area contributed by atoms with Crippen LogP contribution in [0.5, 0.6) is 5.75 Å². The van der Waals surface area contributed by atoms with E-state index in [1.54, 1.807) is 17.2 Å². The number of nitrogens with one attached hydrogen (secondary N) is 1. The van der Waals surface area contributed by atoms with Gasteiger partial charge < -0.3 is 19.2 Å². The number of pyridine rings is 1. The Morgan fingerprint density at radius 2 is 2.10 bits per heavy atom. The van der Waals surface area contributed by atoms with Crippen molar-refractivity contribution in [2.75, 3.05) is 23.4 Å². The van der Waals surface area contributed by atoms with Gasteiger partial charge in [0.1, 0.15) is 24.3 Å². The summed E-state index contributed by atoms with van der Waals surface area (Å²) in [6, 6.07) is 5.54. The molecule has 3 atom stereocenters. The van der Waals surface area contributed by atoms with E-state index in [1.165, 1.54) is 11.8 Å². The van der Waals surface area contributed by atoms with E-state index >= 15 is 0 Å². The number of carbonyl (C=O) groups is 2. The molecule has 5 heterocycles. The number of carbonyl (C=O) groups excluding carboxylic acids is 2. The quantitative estimate of drug-likeness (QED) is 0.352. The highest BCUT2D eigenvalue weighted by Gasteiger charge is 2.46. The Morgan fingerprint density at radius 1 is 1.23 bits per heavy atom. The molecule has 0 radical (unpaired) electrons. The molecule has 2 aliphatic carbocycles. The van der Waals surface area contributed by atoms with Crippen LogP contribution in [0.4, 0.5) is 16.3 Å². The van der Waals surface area contributed by atoms with Gasteiger partial charge in [0, 0.05) is 42.2 Å². The number of rotatable bonds is 8. The first-order valence-electron chi connectivity index (χ1n) is 13.5. The van der Waals surface area contributed by atoms with Gasteiger partial charge in [0.15, 0.2) is 11.5 Å². The van der Waals surface area contributed by atoms with Crippen LogP contribution in [0.25, 0.3) is 5.65 Å². The number of anilines is 2. The molecule has 2 amide bonds. The summed E-state index contributed by atoms with van der Waals surface area (Å²) in [6.45, 7) is 4.65. The van der Waals surface area contributed by atoms with Gasteiger partial charge in [-0.05, 0) is 56.7 Å². The van der Waals surface area contributed by atoms with E-state index in [0.717, 1.165) is 24.2 Å². The smallest absolute Gasteiger partial charge is 0.414 e. The van der Waals surface area contributed by atoms with Gasteiger partial charge in [0.05, 0.1) is 24.1 Å². The average Bonchev–Trinajstić information content (AvgIpc) is 3.86. The number of hydrogen-bond acceptors (Lipinski definition) is 9. The van der Waals surface area contributed by atoms with Crippen molar-refractivity contribution in [2.24, 2.45) is 5.92 Å². The highest BCUT2D eigenvalue weighted by Crippen LogP contribution is 2.46. The van der Waals surface area contributed by atoms with Crippen LogP contribution in [-0.4, -0.2) is 54.7 Å². The molecule has 4 aromatic heterocycles. The Kier molecular flexibility index (Phi) is 5.83. The summed E-state index contributed by atoms with van der Waals surface area (Å²) in [4.78, 5) is 40.4. The molecule has 0 spiro atoms. The molecule has 204 valence electrons. The first kappa shape index (κ1) is 24.4. The predicted molar refractivity (Wildman–Crippen MR) is 143 cm³/mol.